The Hall–Kier alpha value is -0.500. The summed E-state index contributed by atoms with van der Waals surface area (Å²) in [6, 6.07) is 3.63. The molecule has 0 aliphatic heterocycles. The van der Waals surface area contributed by atoms with Gasteiger partial charge in [-0.05, 0) is 31.0 Å². The molecule has 1 fully saturated rings. The molecule has 0 aromatic heterocycles. The van der Waals surface area contributed by atoms with Crippen molar-refractivity contribution in [1.29, 1.82) is 0 Å². The van der Waals surface area contributed by atoms with Crippen molar-refractivity contribution in [3.8, 4) is 0 Å². The minimum atomic E-state index is -3.89. The van der Waals surface area contributed by atoms with Crippen LogP contribution in [0.1, 0.15) is 25.7 Å². The van der Waals surface area contributed by atoms with Gasteiger partial charge in [-0.25, -0.2) is 16.8 Å². The fourth-order valence-corrected chi connectivity index (χ4v) is 4.90. The molecule has 0 bridgehead atoms. The molecule has 1 aromatic carbocycles. The van der Waals surface area contributed by atoms with E-state index in [1.807, 2.05) is 0 Å². The molecule has 1 N–H and O–H groups in total. The Morgan fingerprint density at radius 1 is 1.10 bits per heavy atom. The van der Waals surface area contributed by atoms with Gasteiger partial charge in [0.1, 0.15) is 0 Å². The van der Waals surface area contributed by atoms with Gasteiger partial charge in [-0.1, -0.05) is 24.4 Å². The SMILES string of the molecule is O=S(=O)(Cl)c1ccc(NS(=O)(=O)C2CCCC2)c(Cl)c1. The number of nitrogens with one attached hydrogen (secondary N) is 1. The summed E-state index contributed by atoms with van der Waals surface area (Å²) >= 11 is 5.90. The lowest BCUT2D eigenvalue weighted by Gasteiger charge is -2.14. The van der Waals surface area contributed by atoms with E-state index in [0.717, 1.165) is 18.9 Å². The van der Waals surface area contributed by atoms with Crippen LogP contribution in [0, 0.1) is 0 Å². The average molecular weight is 358 g/mol. The third kappa shape index (κ3) is 3.58. The van der Waals surface area contributed by atoms with E-state index >= 15 is 0 Å². The normalized spacial score (nSPS) is 17.3. The summed E-state index contributed by atoms with van der Waals surface area (Å²) < 4.78 is 49.0. The summed E-state index contributed by atoms with van der Waals surface area (Å²) in [6.07, 6.45) is 3.04. The van der Waals surface area contributed by atoms with Crippen molar-refractivity contribution in [3.63, 3.8) is 0 Å². The van der Waals surface area contributed by atoms with Gasteiger partial charge in [-0.2, -0.15) is 0 Å². The summed E-state index contributed by atoms with van der Waals surface area (Å²) in [5, 5.41) is -0.428. The lowest BCUT2D eigenvalue weighted by molar-refractivity contribution is 0.585. The van der Waals surface area contributed by atoms with E-state index < -0.39 is 24.3 Å². The second kappa shape index (κ2) is 5.71. The van der Waals surface area contributed by atoms with Gasteiger partial charge in [-0.15, -0.1) is 0 Å². The van der Waals surface area contributed by atoms with Crippen molar-refractivity contribution in [2.45, 2.75) is 35.8 Å². The molecule has 0 amide bonds. The Morgan fingerprint density at radius 3 is 2.20 bits per heavy atom. The zero-order chi connectivity index (χ0) is 15.0. The number of anilines is 1. The van der Waals surface area contributed by atoms with E-state index in [-0.39, 0.29) is 15.6 Å². The van der Waals surface area contributed by atoms with Crippen LogP contribution < -0.4 is 4.72 Å². The first-order valence-corrected chi connectivity index (χ1v) is 10.2. The Bertz CT molecular complexity index is 710. The van der Waals surface area contributed by atoms with Gasteiger partial charge in [0.25, 0.3) is 9.05 Å². The van der Waals surface area contributed by atoms with Gasteiger partial charge in [0.2, 0.25) is 10.0 Å². The maximum Gasteiger partial charge on any atom is 0.261 e. The highest BCUT2D eigenvalue weighted by Crippen LogP contribution is 2.31. The number of hydrogen-bond acceptors (Lipinski definition) is 4. The molecule has 0 spiro atoms. The summed E-state index contributed by atoms with van der Waals surface area (Å²) in [6.45, 7) is 0. The molecule has 112 valence electrons. The predicted octanol–water partition coefficient (Wildman–Crippen LogP) is 2.95. The largest absolute Gasteiger partial charge is 0.282 e. The van der Waals surface area contributed by atoms with E-state index in [0.29, 0.717) is 12.8 Å². The molecule has 2 rings (SSSR count). The zero-order valence-corrected chi connectivity index (χ0v) is 13.5. The first-order chi connectivity index (χ1) is 9.20. The van der Waals surface area contributed by atoms with Crippen LogP contribution in [-0.4, -0.2) is 22.1 Å². The first kappa shape index (κ1) is 15.9. The third-order valence-corrected chi connectivity index (χ3v) is 6.73. The number of sulfonamides is 1. The fraction of sp³-hybridized carbons (Fsp3) is 0.455. The van der Waals surface area contributed by atoms with Crippen LogP contribution in [0.2, 0.25) is 5.02 Å². The number of benzene rings is 1. The molecule has 0 saturated heterocycles. The lowest BCUT2D eigenvalue weighted by atomic mass is 10.3. The van der Waals surface area contributed by atoms with Crippen molar-refractivity contribution < 1.29 is 16.8 Å². The van der Waals surface area contributed by atoms with Crippen molar-refractivity contribution in [2.75, 3.05) is 4.72 Å². The van der Waals surface area contributed by atoms with E-state index in [4.69, 9.17) is 22.3 Å². The summed E-state index contributed by atoms with van der Waals surface area (Å²) in [7, 11) is -2.20. The molecule has 0 radical (unpaired) electrons. The number of hydrogen-bond donors (Lipinski definition) is 1. The van der Waals surface area contributed by atoms with E-state index in [1.165, 1.54) is 12.1 Å². The van der Waals surface area contributed by atoms with Crippen LogP contribution in [0.15, 0.2) is 23.1 Å². The summed E-state index contributed by atoms with van der Waals surface area (Å²) in [5.74, 6) is 0. The Balaban J connectivity index is 2.26. The first-order valence-electron chi connectivity index (χ1n) is 5.96. The van der Waals surface area contributed by atoms with Crippen LogP contribution in [0.4, 0.5) is 5.69 Å². The molecular weight excluding hydrogens is 345 g/mol. The highest BCUT2D eigenvalue weighted by Gasteiger charge is 2.29. The Kier molecular flexibility index (Phi) is 4.53. The molecule has 0 atom stereocenters. The molecule has 1 aromatic rings. The minimum absolute atomic E-state index is 0.00621. The van der Waals surface area contributed by atoms with E-state index in [1.54, 1.807) is 0 Å². The van der Waals surface area contributed by atoms with Gasteiger partial charge < -0.3 is 0 Å². The lowest BCUT2D eigenvalue weighted by Crippen LogP contribution is -2.25. The summed E-state index contributed by atoms with van der Waals surface area (Å²) in [4.78, 5) is -0.173. The monoisotopic (exact) mass is 357 g/mol. The van der Waals surface area contributed by atoms with Crippen LogP contribution in [0.3, 0.4) is 0 Å². The van der Waals surface area contributed by atoms with Crippen molar-refractivity contribution >= 4 is 47.0 Å². The predicted molar refractivity (Wildman–Crippen MR) is 79.3 cm³/mol. The molecule has 1 saturated carbocycles. The molecule has 0 heterocycles. The van der Waals surface area contributed by atoms with E-state index in [9.17, 15) is 16.8 Å². The molecule has 9 heteroatoms. The third-order valence-electron chi connectivity index (χ3n) is 3.22. The highest BCUT2D eigenvalue weighted by molar-refractivity contribution is 8.13. The maximum atomic E-state index is 12.1. The van der Waals surface area contributed by atoms with Gasteiger partial charge in [0, 0.05) is 10.7 Å². The van der Waals surface area contributed by atoms with Crippen LogP contribution in [0.25, 0.3) is 0 Å². The van der Waals surface area contributed by atoms with Gasteiger partial charge in [-0.3, -0.25) is 4.72 Å². The van der Waals surface area contributed by atoms with Crippen LogP contribution >= 0.6 is 22.3 Å². The summed E-state index contributed by atoms with van der Waals surface area (Å²) in [5.41, 5.74) is 0.155. The van der Waals surface area contributed by atoms with E-state index in [2.05, 4.69) is 4.72 Å². The Morgan fingerprint density at radius 2 is 1.70 bits per heavy atom. The van der Waals surface area contributed by atoms with Crippen LogP contribution in [-0.2, 0) is 19.1 Å². The van der Waals surface area contributed by atoms with Crippen molar-refractivity contribution in [2.24, 2.45) is 0 Å². The number of rotatable bonds is 4. The molecule has 1 aliphatic rings. The van der Waals surface area contributed by atoms with Crippen molar-refractivity contribution in [1.82, 2.24) is 0 Å². The zero-order valence-electron chi connectivity index (χ0n) is 10.3. The maximum absolute atomic E-state index is 12.1. The van der Waals surface area contributed by atoms with Gasteiger partial charge in [0.05, 0.1) is 20.9 Å². The average Bonchev–Trinajstić information content (AvgIpc) is 2.84. The molecular formula is C11H13Cl2NO4S2. The molecule has 5 nitrogen and oxygen atoms in total. The van der Waals surface area contributed by atoms with Gasteiger partial charge in [0.15, 0.2) is 0 Å². The standard InChI is InChI=1S/C11H13Cl2NO4S2/c12-10-7-9(19(13,15)16)5-6-11(10)14-20(17,18)8-3-1-2-4-8/h5-8,14H,1-4H2. The molecule has 0 unspecified atom stereocenters. The van der Waals surface area contributed by atoms with Gasteiger partial charge >= 0.3 is 0 Å². The minimum Gasteiger partial charge on any atom is -0.282 e. The van der Waals surface area contributed by atoms with Crippen molar-refractivity contribution in [3.05, 3.63) is 23.2 Å². The topological polar surface area (TPSA) is 80.3 Å². The number of halogens is 2. The van der Waals surface area contributed by atoms with Crippen LogP contribution in [0.5, 0.6) is 0 Å². The Labute approximate surface area is 127 Å². The second-order valence-corrected chi connectivity index (χ2v) is 9.57. The molecule has 20 heavy (non-hydrogen) atoms. The quantitative estimate of drug-likeness (QED) is 0.839. The second-order valence-electron chi connectivity index (χ2n) is 4.63. The smallest absolute Gasteiger partial charge is 0.261 e. The molecule has 1 aliphatic carbocycles. The highest BCUT2D eigenvalue weighted by atomic mass is 35.7. The fourth-order valence-electron chi connectivity index (χ4n) is 2.17.